The third-order valence-electron chi connectivity index (χ3n) is 4.33. The van der Waals surface area contributed by atoms with Gasteiger partial charge in [0.1, 0.15) is 21.9 Å². The molecule has 4 rings (SSSR count). The highest BCUT2D eigenvalue weighted by molar-refractivity contribution is 7.21. The van der Waals surface area contributed by atoms with Crippen molar-refractivity contribution in [2.24, 2.45) is 0 Å². The Labute approximate surface area is 164 Å². The molecule has 0 unspecified atom stereocenters. The number of benzene rings is 1. The van der Waals surface area contributed by atoms with E-state index < -0.39 is 0 Å². The monoisotopic (exact) mass is 391 g/mol. The van der Waals surface area contributed by atoms with Crippen LogP contribution in [0.25, 0.3) is 20.9 Å². The van der Waals surface area contributed by atoms with Crippen LogP contribution in [0.2, 0.25) is 0 Å². The summed E-state index contributed by atoms with van der Waals surface area (Å²) in [6.45, 7) is 3.57. The van der Waals surface area contributed by atoms with Crippen molar-refractivity contribution in [3.8, 4) is 10.6 Å². The van der Waals surface area contributed by atoms with Gasteiger partial charge in [-0.2, -0.15) is 0 Å². The minimum Gasteiger partial charge on any atom is -0.324 e. The molecule has 0 aliphatic heterocycles. The van der Waals surface area contributed by atoms with Gasteiger partial charge in [0.2, 0.25) is 5.91 Å². The van der Waals surface area contributed by atoms with Crippen molar-refractivity contribution < 1.29 is 4.79 Å². The lowest BCUT2D eigenvalue weighted by molar-refractivity contribution is -0.116. The number of amides is 1. The number of hydrogen-bond donors (Lipinski definition) is 1. The van der Waals surface area contributed by atoms with E-state index in [-0.39, 0.29) is 18.0 Å². The predicted molar refractivity (Wildman–Crippen MR) is 109 cm³/mol. The summed E-state index contributed by atoms with van der Waals surface area (Å²) in [6.07, 6.45) is 3.13. The van der Waals surface area contributed by atoms with Crippen LogP contribution >= 0.6 is 11.3 Å². The lowest BCUT2D eigenvalue weighted by Crippen LogP contribution is -2.27. The average molecular weight is 391 g/mol. The first-order valence-electron chi connectivity index (χ1n) is 8.66. The summed E-state index contributed by atoms with van der Waals surface area (Å²) >= 11 is 1.51. The van der Waals surface area contributed by atoms with Crippen LogP contribution in [0, 0.1) is 13.8 Å². The molecule has 0 aliphatic rings. The Morgan fingerprint density at radius 3 is 2.82 bits per heavy atom. The van der Waals surface area contributed by atoms with Gasteiger partial charge < -0.3 is 5.32 Å². The number of carbonyl (C=O) groups excluding carboxylic acids is 1. The maximum Gasteiger partial charge on any atom is 0.253 e. The summed E-state index contributed by atoms with van der Waals surface area (Å²) in [7, 11) is 0. The third-order valence-corrected chi connectivity index (χ3v) is 5.35. The number of pyridine rings is 1. The Hall–Kier alpha value is -3.39. The van der Waals surface area contributed by atoms with Crippen molar-refractivity contribution in [2.75, 3.05) is 5.32 Å². The van der Waals surface area contributed by atoms with Crippen LogP contribution in [0.15, 0.2) is 53.7 Å². The Bertz CT molecular complexity index is 1210. The number of thiazole rings is 1. The number of carbonyl (C=O) groups is 1. The van der Waals surface area contributed by atoms with Gasteiger partial charge >= 0.3 is 0 Å². The van der Waals surface area contributed by atoms with Gasteiger partial charge in [-0.3, -0.25) is 14.2 Å². The van der Waals surface area contributed by atoms with Gasteiger partial charge in [0.25, 0.3) is 5.56 Å². The minimum atomic E-state index is -0.293. The fraction of sp³-hybridized carbons (Fsp3) is 0.150. The number of rotatable bonds is 4. The number of anilines is 1. The van der Waals surface area contributed by atoms with E-state index >= 15 is 0 Å². The summed E-state index contributed by atoms with van der Waals surface area (Å²) in [5, 5.41) is 3.73. The molecule has 1 N–H and O–H groups in total. The Morgan fingerprint density at radius 1 is 1.18 bits per heavy atom. The van der Waals surface area contributed by atoms with E-state index in [1.165, 1.54) is 28.3 Å². The zero-order valence-corrected chi connectivity index (χ0v) is 16.2. The van der Waals surface area contributed by atoms with Gasteiger partial charge in [0.05, 0.1) is 6.33 Å². The molecule has 0 atom stereocenters. The summed E-state index contributed by atoms with van der Waals surface area (Å²) < 4.78 is 1.28. The topological polar surface area (TPSA) is 89.8 Å². The molecule has 3 heterocycles. The fourth-order valence-corrected chi connectivity index (χ4v) is 3.86. The SMILES string of the molecule is Cc1cc(=O)n(CC(=O)Nc2cccc(-c3nc4cccnc4s3)c2C)cn1. The molecular weight excluding hydrogens is 374 g/mol. The maximum absolute atomic E-state index is 12.4. The quantitative estimate of drug-likeness (QED) is 0.577. The molecular formula is C20H17N5O2S. The van der Waals surface area contributed by atoms with E-state index in [1.54, 1.807) is 13.1 Å². The van der Waals surface area contributed by atoms with E-state index in [1.807, 2.05) is 37.3 Å². The first kappa shape index (κ1) is 18.0. The lowest BCUT2D eigenvalue weighted by atomic mass is 10.1. The molecule has 0 bridgehead atoms. The molecule has 0 aliphatic carbocycles. The van der Waals surface area contributed by atoms with Crippen LogP contribution in [-0.4, -0.2) is 25.4 Å². The number of aryl methyl sites for hydroxylation is 1. The second kappa shape index (κ2) is 7.32. The molecule has 0 saturated carbocycles. The molecule has 1 amide bonds. The molecule has 140 valence electrons. The molecule has 0 radical (unpaired) electrons. The van der Waals surface area contributed by atoms with E-state index in [4.69, 9.17) is 0 Å². The molecule has 1 aromatic carbocycles. The smallest absolute Gasteiger partial charge is 0.253 e. The van der Waals surface area contributed by atoms with Gasteiger partial charge in [-0.15, -0.1) is 0 Å². The summed E-state index contributed by atoms with van der Waals surface area (Å²) in [4.78, 5) is 38.3. The van der Waals surface area contributed by atoms with Gasteiger partial charge in [-0.1, -0.05) is 23.5 Å². The van der Waals surface area contributed by atoms with E-state index in [0.29, 0.717) is 11.4 Å². The zero-order valence-electron chi connectivity index (χ0n) is 15.3. The van der Waals surface area contributed by atoms with E-state index in [0.717, 1.165) is 26.5 Å². The Kier molecular flexibility index (Phi) is 4.70. The standard InChI is InChI=1S/C20H17N5O2S/c1-12-9-18(27)25(11-22-12)10-17(26)23-15-6-3-5-14(13(15)2)19-24-16-7-4-8-21-20(16)28-19/h3-9,11H,10H2,1-2H3,(H,23,26). The van der Waals surface area contributed by atoms with Gasteiger partial charge in [0, 0.05) is 29.2 Å². The van der Waals surface area contributed by atoms with Crippen molar-refractivity contribution in [1.29, 1.82) is 0 Å². The molecule has 0 saturated heterocycles. The molecule has 4 aromatic rings. The number of aromatic nitrogens is 4. The average Bonchev–Trinajstić information content (AvgIpc) is 3.09. The van der Waals surface area contributed by atoms with Crippen molar-refractivity contribution in [3.05, 3.63) is 70.5 Å². The summed E-state index contributed by atoms with van der Waals surface area (Å²) in [5.41, 5.74) is 3.75. The molecule has 28 heavy (non-hydrogen) atoms. The fourth-order valence-electron chi connectivity index (χ4n) is 2.87. The highest BCUT2D eigenvalue weighted by atomic mass is 32.1. The van der Waals surface area contributed by atoms with Crippen molar-refractivity contribution >= 4 is 33.3 Å². The maximum atomic E-state index is 12.4. The number of nitrogens with one attached hydrogen (secondary N) is 1. The molecule has 8 heteroatoms. The van der Waals surface area contributed by atoms with Crippen LogP contribution in [0.3, 0.4) is 0 Å². The summed E-state index contributed by atoms with van der Waals surface area (Å²) in [6, 6.07) is 10.9. The third kappa shape index (κ3) is 3.54. The van der Waals surface area contributed by atoms with Gasteiger partial charge in [-0.25, -0.2) is 15.0 Å². The Balaban J connectivity index is 1.59. The highest BCUT2D eigenvalue weighted by Crippen LogP contribution is 2.33. The van der Waals surface area contributed by atoms with Gasteiger partial charge in [0.15, 0.2) is 0 Å². The van der Waals surface area contributed by atoms with Crippen LogP contribution < -0.4 is 10.9 Å². The van der Waals surface area contributed by atoms with Crippen molar-refractivity contribution in [1.82, 2.24) is 19.5 Å². The lowest BCUT2D eigenvalue weighted by Gasteiger charge is -2.12. The molecule has 3 aromatic heterocycles. The minimum absolute atomic E-state index is 0.0964. The second-order valence-corrected chi connectivity index (χ2v) is 7.35. The number of hydrogen-bond acceptors (Lipinski definition) is 6. The zero-order chi connectivity index (χ0) is 19.7. The van der Waals surface area contributed by atoms with Crippen LogP contribution in [0.1, 0.15) is 11.3 Å². The normalized spacial score (nSPS) is 10.9. The molecule has 0 fully saturated rings. The van der Waals surface area contributed by atoms with Gasteiger partial charge in [-0.05, 0) is 37.6 Å². The second-order valence-electron chi connectivity index (χ2n) is 6.37. The Morgan fingerprint density at radius 2 is 2.04 bits per heavy atom. The van der Waals surface area contributed by atoms with Crippen molar-refractivity contribution in [2.45, 2.75) is 20.4 Å². The summed E-state index contributed by atoms with van der Waals surface area (Å²) in [5.74, 6) is -0.293. The molecule has 7 nitrogen and oxygen atoms in total. The number of nitrogens with zero attached hydrogens (tertiary/aromatic N) is 4. The predicted octanol–water partition coefficient (Wildman–Crippen LogP) is 3.17. The van der Waals surface area contributed by atoms with Crippen LogP contribution in [0.4, 0.5) is 5.69 Å². The van der Waals surface area contributed by atoms with Crippen LogP contribution in [0.5, 0.6) is 0 Å². The molecule has 0 spiro atoms. The van der Waals surface area contributed by atoms with Crippen molar-refractivity contribution in [3.63, 3.8) is 0 Å². The number of fused-ring (bicyclic) bond motifs is 1. The first-order chi connectivity index (χ1) is 13.5. The van der Waals surface area contributed by atoms with Crippen LogP contribution in [-0.2, 0) is 11.3 Å². The van der Waals surface area contributed by atoms with E-state index in [2.05, 4.69) is 20.3 Å². The van der Waals surface area contributed by atoms with E-state index in [9.17, 15) is 9.59 Å². The largest absolute Gasteiger partial charge is 0.324 e. The highest BCUT2D eigenvalue weighted by Gasteiger charge is 2.13. The first-order valence-corrected chi connectivity index (χ1v) is 9.47.